The molecule has 20 heavy (non-hydrogen) atoms. The molecule has 1 aliphatic rings. The number of carbonyl (C=O) groups excluding carboxylic acids is 1. The molecule has 0 spiro atoms. The Balaban J connectivity index is 1.71. The Labute approximate surface area is 117 Å². The fraction of sp³-hybridized carbons (Fsp3) is 0.312. The predicted octanol–water partition coefficient (Wildman–Crippen LogP) is 2.43. The number of benzene rings is 1. The highest BCUT2D eigenvalue weighted by Gasteiger charge is 2.20. The summed E-state index contributed by atoms with van der Waals surface area (Å²) in [7, 11) is 0. The molecule has 0 aliphatic carbocycles. The van der Waals surface area contributed by atoms with Crippen LogP contribution in [0.5, 0.6) is 0 Å². The number of rotatable bonds is 2. The summed E-state index contributed by atoms with van der Waals surface area (Å²) in [6, 6.07) is 9.64. The number of aliphatic hydroxyl groups excluding tert-OH is 1. The number of para-hydroxylation sites is 1. The van der Waals surface area contributed by atoms with Gasteiger partial charge in [-0.3, -0.25) is 4.79 Å². The van der Waals surface area contributed by atoms with E-state index in [1.165, 1.54) is 6.08 Å². The summed E-state index contributed by atoms with van der Waals surface area (Å²) in [4.78, 5) is 13.7. The molecule has 3 rings (SSSR count). The van der Waals surface area contributed by atoms with Crippen molar-refractivity contribution in [3.05, 3.63) is 42.2 Å². The summed E-state index contributed by atoms with van der Waals surface area (Å²) in [6.07, 6.45) is 4.42. The van der Waals surface area contributed by atoms with Gasteiger partial charge in [0.05, 0.1) is 6.10 Å². The highest BCUT2D eigenvalue weighted by Crippen LogP contribution is 2.20. The van der Waals surface area contributed by atoms with Crippen LogP contribution in [0, 0.1) is 0 Å². The van der Waals surface area contributed by atoms with E-state index < -0.39 is 6.10 Å². The van der Waals surface area contributed by atoms with Crippen LogP contribution in [0.4, 0.5) is 0 Å². The van der Waals surface area contributed by atoms with Gasteiger partial charge in [0.2, 0.25) is 5.91 Å². The number of carbonyl (C=O) groups is 1. The first-order valence-corrected chi connectivity index (χ1v) is 6.86. The number of hydrogen-bond acceptors (Lipinski definition) is 3. The minimum atomic E-state index is -0.396. The van der Waals surface area contributed by atoms with Gasteiger partial charge in [0.1, 0.15) is 11.3 Å². The van der Waals surface area contributed by atoms with Gasteiger partial charge in [0.15, 0.2) is 0 Å². The molecule has 1 aliphatic heterocycles. The summed E-state index contributed by atoms with van der Waals surface area (Å²) in [6.45, 7) is 1.13. The molecule has 1 aromatic carbocycles. The van der Waals surface area contributed by atoms with Crippen LogP contribution in [-0.4, -0.2) is 35.1 Å². The van der Waals surface area contributed by atoms with Crippen molar-refractivity contribution in [2.24, 2.45) is 0 Å². The van der Waals surface area contributed by atoms with Gasteiger partial charge in [0.25, 0.3) is 0 Å². The van der Waals surface area contributed by atoms with Gasteiger partial charge in [0, 0.05) is 24.6 Å². The average Bonchev–Trinajstić information content (AvgIpc) is 2.87. The number of aliphatic hydroxyl groups is 1. The van der Waals surface area contributed by atoms with E-state index in [1.807, 2.05) is 30.3 Å². The van der Waals surface area contributed by atoms with Crippen LogP contribution in [0.15, 0.2) is 40.8 Å². The summed E-state index contributed by atoms with van der Waals surface area (Å²) in [5, 5.41) is 10.6. The van der Waals surface area contributed by atoms with Crippen molar-refractivity contribution in [3.63, 3.8) is 0 Å². The number of fused-ring (bicyclic) bond motifs is 1. The number of β-amino-alcohol motifs (C(OH)–C–C–N with tert-alkyl or cyclic N) is 1. The smallest absolute Gasteiger partial charge is 0.246 e. The normalized spacial score (nSPS) is 19.9. The van der Waals surface area contributed by atoms with Crippen molar-refractivity contribution in [2.45, 2.75) is 18.9 Å². The van der Waals surface area contributed by atoms with Gasteiger partial charge < -0.3 is 14.4 Å². The van der Waals surface area contributed by atoms with Crippen molar-refractivity contribution in [1.29, 1.82) is 0 Å². The van der Waals surface area contributed by atoms with Crippen LogP contribution in [0.3, 0.4) is 0 Å². The quantitative estimate of drug-likeness (QED) is 0.853. The fourth-order valence-corrected chi connectivity index (χ4v) is 2.50. The van der Waals surface area contributed by atoms with Gasteiger partial charge in [-0.25, -0.2) is 0 Å². The van der Waals surface area contributed by atoms with Crippen LogP contribution >= 0.6 is 0 Å². The van der Waals surface area contributed by atoms with Gasteiger partial charge in [-0.2, -0.15) is 0 Å². The highest BCUT2D eigenvalue weighted by molar-refractivity contribution is 5.92. The predicted molar refractivity (Wildman–Crippen MR) is 77.1 cm³/mol. The molecular formula is C16H17NO3. The lowest BCUT2D eigenvalue weighted by atomic mass is 10.1. The molecule has 4 nitrogen and oxygen atoms in total. The Morgan fingerprint density at radius 1 is 1.40 bits per heavy atom. The lowest BCUT2D eigenvalue weighted by molar-refractivity contribution is -0.128. The van der Waals surface area contributed by atoms with E-state index in [4.69, 9.17) is 4.42 Å². The number of nitrogens with zero attached hydrogens (tertiary/aromatic N) is 1. The molecule has 2 aromatic rings. The van der Waals surface area contributed by atoms with Gasteiger partial charge in [-0.1, -0.05) is 18.2 Å². The first-order chi connectivity index (χ1) is 9.72. The van der Waals surface area contributed by atoms with E-state index in [0.717, 1.165) is 23.8 Å². The molecule has 0 saturated carbocycles. The van der Waals surface area contributed by atoms with Crippen molar-refractivity contribution in [1.82, 2.24) is 4.90 Å². The molecule has 1 unspecified atom stereocenters. The minimum absolute atomic E-state index is 0.0794. The summed E-state index contributed by atoms with van der Waals surface area (Å²) >= 11 is 0. The Bertz CT molecular complexity index is 611. The van der Waals surface area contributed by atoms with Crippen LogP contribution in [-0.2, 0) is 4.79 Å². The number of amides is 1. The molecule has 1 N–H and O–H groups in total. The molecule has 1 atom stereocenters. The second-order valence-electron chi connectivity index (χ2n) is 5.10. The van der Waals surface area contributed by atoms with E-state index in [0.29, 0.717) is 18.8 Å². The Kier molecular flexibility index (Phi) is 3.56. The van der Waals surface area contributed by atoms with E-state index in [-0.39, 0.29) is 5.91 Å². The van der Waals surface area contributed by atoms with Crippen LogP contribution in [0.1, 0.15) is 18.6 Å². The number of piperidine rings is 1. The molecule has 1 saturated heterocycles. The standard InChI is InChI=1S/C16H17NO3/c18-13-5-3-9-17(11-13)16(19)8-7-14-10-12-4-1-2-6-15(12)20-14/h1-2,4,6-8,10,13,18H,3,5,9,11H2. The molecule has 2 heterocycles. The zero-order valence-corrected chi connectivity index (χ0v) is 11.2. The van der Waals surface area contributed by atoms with Gasteiger partial charge >= 0.3 is 0 Å². The third-order valence-electron chi connectivity index (χ3n) is 3.54. The van der Waals surface area contributed by atoms with Crippen LogP contribution in [0.25, 0.3) is 17.0 Å². The monoisotopic (exact) mass is 271 g/mol. The molecule has 1 aromatic heterocycles. The molecule has 0 bridgehead atoms. The lowest BCUT2D eigenvalue weighted by Gasteiger charge is -2.29. The fourth-order valence-electron chi connectivity index (χ4n) is 2.50. The molecule has 0 radical (unpaired) electrons. The largest absolute Gasteiger partial charge is 0.457 e. The molecule has 104 valence electrons. The van der Waals surface area contributed by atoms with Crippen molar-refractivity contribution >= 4 is 23.0 Å². The molecule has 1 amide bonds. The third-order valence-corrected chi connectivity index (χ3v) is 3.54. The Morgan fingerprint density at radius 3 is 3.05 bits per heavy atom. The summed E-state index contributed by atoms with van der Waals surface area (Å²) < 4.78 is 5.62. The molecular weight excluding hydrogens is 254 g/mol. The molecule has 4 heteroatoms. The second-order valence-corrected chi connectivity index (χ2v) is 5.10. The van der Waals surface area contributed by atoms with E-state index in [1.54, 1.807) is 11.0 Å². The van der Waals surface area contributed by atoms with E-state index in [2.05, 4.69) is 0 Å². The van der Waals surface area contributed by atoms with Crippen molar-refractivity contribution in [3.8, 4) is 0 Å². The number of furan rings is 1. The zero-order valence-electron chi connectivity index (χ0n) is 11.2. The SMILES string of the molecule is O=C(C=Cc1cc2ccccc2o1)N1CCCC(O)C1. The zero-order chi connectivity index (χ0) is 13.9. The number of likely N-dealkylation sites (tertiary alicyclic amines) is 1. The topological polar surface area (TPSA) is 53.7 Å². The maximum atomic E-state index is 12.0. The Morgan fingerprint density at radius 2 is 2.25 bits per heavy atom. The maximum Gasteiger partial charge on any atom is 0.246 e. The van der Waals surface area contributed by atoms with E-state index in [9.17, 15) is 9.90 Å². The lowest BCUT2D eigenvalue weighted by Crippen LogP contribution is -2.41. The van der Waals surface area contributed by atoms with Crippen LogP contribution < -0.4 is 0 Å². The van der Waals surface area contributed by atoms with Gasteiger partial charge in [-0.05, 0) is 31.1 Å². The number of hydrogen-bond donors (Lipinski definition) is 1. The first kappa shape index (κ1) is 12.9. The van der Waals surface area contributed by atoms with Crippen molar-refractivity contribution < 1.29 is 14.3 Å². The third kappa shape index (κ3) is 2.75. The minimum Gasteiger partial charge on any atom is -0.457 e. The van der Waals surface area contributed by atoms with Crippen LogP contribution in [0.2, 0.25) is 0 Å². The molecule has 1 fully saturated rings. The summed E-state index contributed by atoms with van der Waals surface area (Å²) in [5.74, 6) is 0.585. The maximum absolute atomic E-state index is 12.0. The Hall–Kier alpha value is -2.07. The van der Waals surface area contributed by atoms with E-state index >= 15 is 0 Å². The highest BCUT2D eigenvalue weighted by atomic mass is 16.3. The van der Waals surface area contributed by atoms with Gasteiger partial charge in [-0.15, -0.1) is 0 Å². The van der Waals surface area contributed by atoms with Crippen molar-refractivity contribution in [2.75, 3.05) is 13.1 Å². The second kappa shape index (κ2) is 5.51. The summed E-state index contributed by atoms with van der Waals surface area (Å²) in [5.41, 5.74) is 0.813. The average molecular weight is 271 g/mol. The first-order valence-electron chi connectivity index (χ1n) is 6.86.